The number of hydrogen-bond donors (Lipinski definition) is 1. The molecule has 1 aliphatic rings. The Kier molecular flexibility index (Phi) is 3.29. The lowest BCUT2D eigenvalue weighted by Crippen LogP contribution is -2.18. The van der Waals surface area contributed by atoms with Crippen LogP contribution in [0, 0.1) is 12.3 Å². The Morgan fingerprint density at radius 1 is 1.38 bits per heavy atom. The van der Waals surface area contributed by atoms with Gasteiger partial charge in [-0.1, -0.05) is 35.8 Å². The second-order valence-electron chi connectivity index (χ2n) is 5.71. The second kappa shape index (κ2) is 4.40. The smallest absolute Gasteiger partial charge is 0.0383 e. The van der Waals surface area contributed by atoms with Crippen LogP contribution in [0.1, 0.15) is 38.7 Å². The summed E-state index contributed by atoms with van der Waals surface area (Å²) in [6.07, 6.45) is 3.90. The van der Waals surface area contributed by atoms with Gasteiger partial charge in [0.15, 0.2) is 0 Å². The molecule has 1 N–H and O–H groups in total. The number of aryl methyl sites for hydroxylation is 1. The van der Waals surface area contributed by atoms with Crippen LogP contribution in [-0.2, 0) is 0 Å². The summed E-state index contributed by atoms with van der Waals surface area (Å²) in [5, 5.41) is 3.68. The van der Waals surface area contributed by atoms with Crippen LogP contribution in [0.3, 0.4) is 0 Å². The summed E-state index contributed by atoms with van der Waals surface area (Å²) in [5.74, 6) is 0. The van der Waals surface area contributed by atoms with Crippen LogP contribution in [0.4, 0.5) is 5.69 Å². The predicted octanol–water partition coefficient (Wildman–Crippen LogP) is 4.75. The number of nitrogens with one attached hydrogen (secondary N) is 1. The van der Waals surface area contributed by atoms with E-state index in [0.717, 1.165) is 4.47 Å². The van der Waals surface area contributed by atoms with Gasteiger partial charge in [0.25, 0.3) is 0 Å². The molecule has 1 nitrogen and oxygen atoms in total. The first-order chi connectivity index (χ1) is 7.46. The van der Waals surface area contributed by atoms with E-state index in [0.29, 0.717) is 11.5 Å². The van der Waals surface area contributed by atoms with E-state index in [9.17, 15) is 0 Å². The van der Waals surface area contributed by atoms with Crippen LogP contribution in [0.25, 0.3) is 0 Å². The Hall–Kier alpha value is -0.500. The Balaban J connectivity index is 2.07. The standard InChI is InChI=1S/C14H20BrN/c1-10-4-5-11(15)8-13(10)16-12-6-7-14(2,3)9-12/h4-5,8,12,16H,6-7,9H2,1-3H3. The molecule has 0 radical (unpaired) electrons. The van der Waals surface area contributed by atoms with E-state index < -0.39 is 0 Å². The Bertz CT molecular complexity index is 384. The van der Waals surface area contributed by atoms with E-state index in [1.807, 2.05) is 0 Å². The number of hydrogen-bond acceptors (Lipinski definition) is 1. The van der Waals surface area contributed by atoms with Gasteiger partial charge < -0.3 is 5.32 Å². The molecule has 0 heterocycles. The Morgan fingerprint density at radius 2 is 2.12 bits per heavy atom. The minimum absolute atomic E-state index is 0.511. The molecule has 0 bridgehead atoms. The zero-order valence-electron chi connectivity index (χ0n) is 10.3. The molecule has 0 aliphatic heterocycles. The summed E-state index contributed by atoms with van der Waals surface area (Å²) >= 11 is 3.53. The zero-order valence-corrected chi connectivity index (χ0v) is 11.9. The van der Waals surface area contributed by atoms with Gasteiger partial charge in [-0.2, -0.15) is 0 Å². The molecule has 16 heavy (non-hydrogen) atoms. The monoisotopic (exact) mass is 281 g/mol. The maximum Gasteiger partial charge on any atom is 0.0383 e. The van der Waals surface area contributed by atoms with Gasteiger partial charge >= 0.3 is 0 Å². The third-order valence-electron chi connectivity index (χ3n) is 3.53. The number of halogens is 1. The predicted molar refractivity (Wildman–Crippen MR) is 73.9 cm³/mol. The zero-order chi connectivity index (χ0) is 11.8. The molecular formula is C14H20BrN. The van der Waals surface area contributed by atoms with Gasteiger partial charge in [-0.3, -0.25) is 0 Å². The van der Waals surface area contributed by atoms with E-state index in [-0.39, 0.29) is 0 Å². The molecule has 0 saturated heterocycles. The van der Waals surface area contributed by atoms with E-state index in [1.54, 1.807) is 0 Å². The highest BCUT2D eigenvalue weighted by atomic mass is 79.9. The van der Waals surface area contributed by atoms with Crippen LogP contribution in [0.2, 0.25) is 0 Å². The molecule has 1 unspecified atom stereocenters. The van der Waals surface area contributed by atoms with Crippen molar-refractivity contribution in [1.82, 2.24) is 0 Å². The Labute approximate surface area is 107 Å². The van der Waals surface area contributed by atoms with Crippen molar-refractivity contribution in [2.75, 3.05) is 5.32 Å². The molecule has 2 heteroatoms. The van der Waals surface area contributed by atoms with E-state index >= 15 is 0 Å². The molecule has 0 aromatic heterocycles. The third kappa shape index (κ3) is 2.79. The van der Waals surface area contributed by atoms with Gasteiger partial charge in [-0.15, -0.1) is 0 Å². The van der Waals surface area contributed by atoms with Crippen LogP contribution >= 0.6 is 15.9 Å². The maximum atomic E-state index is 3.68. The molecular weight excluding hydrogens is 262 g/mol. The Morgan fingerprint density at radius 3 is 2.75 bits per heavy atom. The summed E-state index contributed by atoms with van der Waals surface area (Å²) in [6.45, 7) is 6.89. The summed E-state index contributed by atoms with van der Waals surface area (Å²) in [5.41, 5.74) is 3.11. The number of anilines is 1. The molecule has 2 rings (SSSR count). The minimum atomic E-state index is 0.511. The number of rotatable bonds is 2. The maximum absolute atomic E-state index is 3.68. The van der Waals surface area contributed by atoms with Crippen molar-refractivity contribution in [1.29, 1.82) is 0 Å². The topological polar surface area (TPSA) is 12.0 Å². The van der Waals surface area contributed by atoms with Gasteiger partial charge in [-0.25, -0.2) is 0 Å². The third-order valence-corrected chi connectivity index (χ3v) is 4.02. The molecule has 1 aliphatic carbocycles. The van der Waals surface area contributed by atoms with Crippen molar-refractivity contribution < 1.29 is 0 Å². The van der Waals surface area contributed by atoms with Crippen molar-refractivity contribution in [2.45, 2.75) is 46.1 Å². The van der Waals surface area contributed by atoms with Crippen molar-refractivity contribution >= 4 is 21.6 Å². The van der Waals surface area contributed by atoms with Crippen LogP contribution in [-0.4, -0.2) is 6.04 Å². The second-order valence-corrected chi connectivity index (χ2v) is 6.62. The van der Waals surface area contributed by atoms with Crippen LogP contribution in [0.15, 0.2) is 22.7 Å². The van der Waals surface area contributed by atoms with Crippen molar-refractivity contribution in [3.63, 3.8) is 0 Å². The summed E-state index contributed by atoms with van der Waals surface area (Å²) in [7, 11) is 0. The molecule has 0 amide bonds. The number of benzene rings is 1. The normalized spacial score (nSPS) is 23.4. The fourth-order valence-electron chi connectivity index (χ4n) is 2.53. The lowest BCUT2D eigenvalue weighted by Gasteiger charge is -2.19. The van der Waals surface area contributed by atoms with Crippen molar-refractivity contribution in [3.8, 4) is 0 Å². The van der Waals surface area contributed by atoms with Gasteiger partial charge in [0, 0.05) is 16.2 Å². The van der Waals surface area contributed by atoms with Crippen molar-refractivity contribution in [3.05, 3.63) is 28.2 Å². The van der Waals surface area contributed by atoms with Gasteiger partial charge in [0.05, 0.1) is 0 Å². The van der Waals surface area contributed by atoms with Crippen LogP contribution < -0.4 is 5.32 Å². The molecule has 1 aromatic rings. The highest BCUT2D eigenvalue weighted by molar-refractivity contribution is 9.10. The average molecular weight is 282 g/mol. The van der Waals surface area contributed by atoms with Gasteiger partial charge in [0.2, 0.25) is 0 Å². The fraction of sp³-hybridized carbons (Fsp3) is 0.571. The summed E-state index contributed by atoms with van der Waals surface area (Å²) in [4.78, 5) is 0. The van der Waals surface area contributed by atoms with E-state index in [1.165, 1.54) is 30.5 Å². The largest absolute Gasteiger partial charge is 0.382 e. The first-order valence-electron chi connectivity index (χ1n) is 5.99. The highest BCUT2D eigenvalue weighted by Crippen LogP contribution is 2.38. The summed E-state index contributed by atoms with van der Waals surface area (Å²) in [6, 6.07) is 7.08. The summed E-state index contributed by atoms with van der Waals surface area (Å²) < 4.78 is 1.15. The minimum Gasteiger partial charge on any atom is -0.382 e. The fourth-order valence-corrected chi connectivity index (χ4v) is 2.89. The molecule has 88 valence electrons. The first kappa shape index (κ1) is 12.0. The average Bonchev–Trinajstić information content (AvgIpc) is 2.52. The van der Waals surface area contributed by atoms with Crippen LogP contribution in [0.5, 0.6) is 0 Å². The van der Waals surface area contributed by atoms with E-state index in [2.05, 4.69) is 60.2 Å². The van der Waals surface area contributed by atoms with E-state index in [4.69, 9.17) is 0 Å². The lowest BCUT2D eigenvalue weighted by atomic mass is 9.92. The van der Waals surface area contributed by atoms with Crippen molar-refractivity contribution in [2.24, 2.45) is 5.41 Å². The quantitative estimate of drug-likeness (QED) is 0.825. The molecule has 1 atom stereocenters. The molecule has 1 fully saturated rings. The highest BCUT2D eigenvalue weighted by Gasteiger charge is 2.30. The molecule has 1 aromatic carbocycles. The first-order valence-corrected chi connectivity index (χ1v) is 6.78. The van der Waals surface area contributed by atoms with Gasteiger partial charge in [-0.05, 0) is 49.3 Å². The molecule has 1 saturated carbocycles. The molecule has 0 spiro atoms. The SMILES string of the molecule is Cc1ccc(Br)cc1NC1CCC(C)(C)C1. The van der Waals surface area contributed by atoms with Gasteiger partial charge in [0.1, 0.15) is 0 Å². The lowest BCUT2D eigenvalue weighted by molar-refractivity contribution is 0.378.